The van der Waals surface area contributed by atoms with Gasteiger partial charge in [0.1, 0.15) is 0 Å². The predicted molar refractivity (Wildman–Crippen MR) is 68.6 cm³/mol. The Hall–Kier alpha value is -0.610. The Bertz CT molecular complexity index is 274. The number of carbonyl (C=O) groups is 1. The van der Waals surface area contributed by atoms with Crippen LogP contribution in [0.2, 0.25) is 0 Å². The minimum absolute atomic E-state index is 0.303. The van der Waals surface area contributed by atoms with Crippen LogP contribution in [0.3, 0.4) is 0 Å². The second-order valence-corrected chi connectivity index (χ2v) is 5.85. The third-order valence-corrected chi connectivity index (χ3v) is 4.10. The van der Waals surface area contributed by atoms with Crippen molar-refractivity contribution in [2.75, 3.05) is 26.2 Å². The van der Waals surface area contributed by atoms with Crippen LogP contribution in [0, 0.1) is 5.92 Å². The first kappa shape index (κ1) is 12.8. The third kappa shape index (κ3) is 3.19. The van der Waals surface area contributed by atoms with Gasteiger partial charge in [-0.05, 0) is 32.1 Å². The molecule has 2 saturated heterocycles. The van der Waals surface area contributed by atoms with Crippen LogP contribution < -0.4 is 5.73 Å². The largest absolute Gasteiger partial charge is 0.339 e. The van der Waals surface area contributed by atoms with Gasteiger partial charge in [0, 0.05) is 31.7 Å². The third-order valence-electron chi connectivity index (χ3n) is 4.10. The van der Waals surface area contributed by atoms with Crippen molar-refractivity contribution in [2.45, 2.75) is 45.2 Å². The van der Waals surface area contributed by atoms with Crippen molar-refractivity contribution in [1.82, 2.24) is 9.80 Å². The summed E-state index contributed by atoms with van der Waals surface area (Å²) in [5.41, 5.74) is 5.87. The van der Waals surface area contributed by atoms with E-state index in [1.54, 1.807) is 0 Å². The Morgan fingerprint density at radius 2 is 1.94 bits per heavy atom. The zero-order valence-corrected chi connectivity index (χ0v) is 11.1. The lowest BCUT2D eigenvalue weighted by Gasteiger charge is -2.31. The van der Waals surface area contributed by atoms with Crippen LogP contribution >= 0.6 is 0 Å². The summed E-state index contributed by atoms with van der Waals surface area (Å²) >= 11 is 0. The van der Waals surface area contributed by atoms with Gasteiger partial charge in [0.2, 0.25) is 5.91 Å². The molecular weight excluding hydrogens is 214 g/mol. The van der Waals surface area contributed by atoms with Gasteiger partial charge in [-0.3, -0.25) is 9.69 Å². The molecule has 0 spiro atoms. The van der Waals surface area contributed by atoms with E-state index in [0.29, 0.717) is 30.5 Å². The fourth-order valence-electron chi connectivity index (χ4n) is 3.04. The van der Waals surface area contributed by atoms with E-state index in [1.165, 1.54) is 0 Å². The molecule has 98 valence electrons. The maximum atomic E-state index is 12.2. The van der Waals surface area contributed by atoms with Gasteiger partial charge >= 0.3 is 0 Å². The van der Waals surface area contributed by atoms with Gasteiger partial charge in [-0.15, -0.1) is 0 Å². The molecule has 2 aliphatic rings. The summed E-state index contributed by atoms with van der Waals surface area (Å²) in [6.45, 7) is 7.86. The van der Waals surface area contributed by atoms with Crippen LogP contribution in [0.15, 0.2) is 0 Å². The van der Waals surface area contributed by atoms with Crippen molar-refractivity contribution in [1.29, 1.82) is 0 Å². The summed E-state index contributed by atoms with van der Waals surface area (Å²) in [5, 5.41) is 0. The lowest BCUT2D eigenvalue weighted by atomic mass is 10.1. The fraction of sp³-hybridized carbons (Fsp3) is 0.923. The van der Waals surface area contributed by atoms with Gasteiger partial charge in [0.05, 0.1) is 6.54 Å². The fourth-order valence-corrected chi connectivity index (χ4v) is 3.04. The number of nitrogens with two attached hydrogens (primary N) is 1. The zero-order chi connectivity index (χ0) is 12.4. The summed E-state index contributed by atoms with van der Waals surface area (Å²) in [7, 11) is 0. The number of rotatable bonds is 2. The van der Waals surface area contributed by atoms with Gasteiger partial charge in [-0.1, -0.05) is 6.92 Å². The molecule has 2 aliphatic heterocycles. The minimum atomic E-state index is 0.303. The first-order valence-corrected chi connectivity index (χ1v) is 6.83. The molecule has 2 unspecified atom stereocenters. The van der Waals surface area contributed by atoms with Crippen molar-refractivity contribution in [3.63, 3.8) is 0 Å². The van der Waals surface area contributed by atoms with Crippen molar-refractivity contribution in [3.8, 4) is 0 Å². The summed E-state index contributed by atoms with van der Waals surface area (Å²) in [5.74, 6) is 0.959. The Balaban J connectivity index is 1.81. The Morgan fingerprint density at radius 3 is 2.47 bits per heavy atom. The molecule has 4 heteroatoms. The lowest BCUT2D eigenvalue weighted by Crippen LogP contribution is -2.46. The second-order valence-electron chi connectivity index (χ2n) is 5.85. The van der Waals surface area contributed by atoms with E-state index in [1.807, 2.05) is 0 Å². The highest BCUT2D eigenvalue weighted by molar-refractivity contribution is 5.78. The van der Waals surface area contributed by atoms with E-state index in [-0.39, 0.29) is 0 Å². The molecule has 0 saturated carbocycles. The number of amides is 1. The van der Waals surface area contributed by atoms with Crippen molar-refractivity contribution in [3.05, 3.63) is 0 Å². The Kier molecular flexibility index (Phi) is 4.05. The molecule has 2 N–H and O–H groups in total. The highest BCUT2D eigenvalue weighted by Gasteiger charge is 2.30. The standard InChI is InChI=1S/C13H25N3O/c1-10-7-11(2)16(8-10)13(17)9-15-5-3-12(14)4-6-15/h10-12H,3-9,14H2,1-2H3. The maximum absolute atomic E-state index is 12.2. The SMILES string of the molecule is CC1CC(C)N(C(=O)CN2CCC(N)CC2)C1. The topological polar surface area (TPSA) is 49.6 Å². The van der Waals surface area contributed by atoms with Gasteiger partial charge in [0.15, 0.2) is 0 Å². The lowest BCUT2D eigenvalue weighted by molar-refractivity contribution is -0.133. The average molecular weight is 239 g/mol. The zero-order valence-electron chi connectivity index (χ0n) is 11.1. The quantitative estimate of drug-likeness (QED) is 0.770. The number of nitrogens with zero attached hydrogens (tertiary/aromatic N) is 2. The van der Waals surface area contributed by atoms with E-state index < -0.39 is 0 Å². The molecule has 0 bridgehead atoms. The van der Waals surface area contributed by atoms with E-state index in [4.69, 9.17) is 5.73 Å². The van der Waals surface area contributed by atoms with Crippen molar-refractivity contribution < 1.29 is 4.79 Å². The normalized spacial score (nSPS) is 32.1. The maximum Gasteiger partial charge on any atom is 0.236 e. The van der Waals surface area contributed by atoms with Gasteiger partial charge in [-0.2, -0.15) is 0 Å². The minimum Gasteiger partial charge on any atom is -0.339 e. The highest BCUT2D eigenvalue weighted by atomic mass is 16.2. The molecule has 0 aromatic carbocycles. The van der Waals surface area contributed by atoms with E-state index in [0.717, 1.165) is 38.9 Å². The number of hydrogen-bond acceptors (Lipinski definition) is 3. The Labute approximate surface area is 104 Å². The number of carbonyl (C=O) groups excluding carboxylic acids is 1. The molecule has 0 radical (unpaired) electrons. The van der Waals surface area contributed by atoms with E-state index >= 15 is 0 Å². The molecule has 17 heavy (non-hydrogen) atoms. The number of piperidine rings is 1. The van der Waals surface area contributed by atoms with Crippen molar-refractivity contribution >= 4 is 5.91 Å². The molecule has 2 heterocycles. The van der Waals surface area contributed by atoms with Gasteiger partial charge in [0.25, 0.3) is 0 Å². The van der Waals surface area contributed by atoms with E-state index in [9.17, 15) is 4.79 Å². The van der Waals surface area contributed by atoms with Crippen LogP contribution in [0.5, 0.6) is 0 Å². The molecule has 4 nitrogen and oxygen atoms in total. The molecule has 0 aliphatic carbocycles. The van der Waals surface area contributed by atoms with Crippen LogP contribution in [-0.2, 0) is 4.79 Å². The number of hydrogen-bond donors (Lipinski definition) is 1. The highest BCUT2D eigenvalue weighted by Crippen LogP contribution is 2.22. The first-order chi connectivity index (χ1) is 8.06. The molecular formula is C13H25N3O. The van der Waals surface area contributed by atoms with Gasteiger partial charge < -0.3 is 10.6 Å². The van der Waals surface area contributed by atoms with Crippen LogP contribution in [0.1, 0.15) is 33.1 Å². The van der Waals surface area contributed by atoms with Crippen LogP contribution in [0.4, 0.5) is 0 Å². The summed E-state index contributed by atoms with van der Waals surface area (Å²) < 4.78 is 0. The average Bonchev–Trinajstić information content (AvgIpc) is 2.61. The summed E-state index contributed by atoms with van der Waals surface area (Å²) in [6, 6.07) is 0.761. The number of likely N-dealkylation sites (tertiary alicyclic amines) is 2. The first-order valence-electron chi connectivity index (χ1n) is 6.83. The molecule has 2 atom stereocenters. The summed E-state index contributed by atoms with van der Waals surface area (Å²) in [4.78, 5) is 16.5. The van der Waals surface area contributed by atoms with Crippen LogP contribution in [-0.4, -0.2) is 54.0 Å². The molecule has 0 aromatic heterocycles. The van der Waals surface area contributed by atoms with Gasteiger partial charge in [-0.25, -0.2) is 0 Å². The smallest absolute Gasteiger partial charge is 0.236 e. The van der Waals surface area contributed by atoms with E-state index in [2.05, 4.69) is 23.6 Å². The summed E-state index contributed by atoms with van der Waals surface area (Å²) in [6.07, 6.45) is 3.20. The Morgan fingerprint density at radius 1 is 1.29 bits per heavy atom. The predicted octanol–water partition coefficient (Wildman–Crippen LogP) is 0.666. The van der Waals surface area contributed by atoms with Crippen molar-refractivity contribution in [2.24, 2.45) is 11.7 Å². The second kappa shape index (κ2) is 5.36. The monoisotopic (exact) mass is 239 g/mol. The molecule has 2 rings (SSSR count). The molecule has 1 amide bonds. The molecule has 0 aromatic rings. The van der Waals surface area contributed by atoms with Crippen LogP contribution in [0.25, 0.3) is 0 Å². The molecule has 2 fully saturated rings.